The summed E-state index contributed by atoms with van der Waals surface area (Å²) in [6.07, 6.45) is 0.756. The van der Waals surface area contributed by atoms with Gasteiger partial charge in [0.1, 0.15) is 5.75 Å². The quantitative estimate of drug-likeness (QED) is 0.450. The molecular formula is C28H31N3O6S. The maximum absolute atomic E-state index is 13.0. The van der Waals surface area contributed by atoms with E-state index >= 15 is 0 Å². The van der Waals surface area contributed by atoms with Crippen LogP contribution in [0.5, 0.6) is 17.2 Å². The number of ether oxygens (including phenoxy) is 4. The van der Waals surface area contributed by atoms with E-state index in [0.29, 0.717) is 46.7 Å². The number of carbonyl (C=O) groups excluding carboxylic acids is 2. The topological polar surface area (TPSA) is 98.7 Å². The van der Waals surface area contributed by atoms with Crippen LogP contribution in [-0.2, 0) is 20.7 Å². The van der Waals surface area contributed by atoms with Gasteiger partial charge in [-0.05, 0) is 42.5 Å². The van der Waals surface area contributed by atoms with Crippen LogP contribution in [0.4, 0.5) is 0 Å². The lowest BCUT2D eigenvalue weighted by atomic mass is 9.93. The monoisotopic (exact) mass is 537 g/mol. The first-order valence-corrected chi connectivity index (χ1v) is 12.9. The number of hydrogen-bond donors (Lipinski definition) is 1. The van der Waals surface area contributed by atoms with E-state index in [1.807, 2.05) is 52.8 Å². The van der Waals surface area contributed by atoms with Crippen molar-refractivity contribution in [3.63, 3.8) is 0 Å². The van der Waals surface area contributed by atoms with Crippen molar-refractivity contribution in [1.82, 2.24) is 10.2 Å². The summed E-state index contributed by atoms with van der Waals surface area (Å²) in [5, 5.41) is 5.59. The fourth-order valence-corrected chi connectivity index (χ4v) is 5.50. The number of esters is 1. The maximum atomic E-state index is 13.0. The van der Waals surface area contributed by atoms with Gasteiger partial charge in [-0.2, -0.15) is 0 Å². The number of hydrogen-bond acceptors (Lipinski definition) is 9. The number of fused-ring (bicyclic) bond motifs is 1. The van der Waals surface area contributed by atoms with Gasteiger partial charge in [0.25, 0.3) is 0 Å². The molecule has 10 heteroatoms. The molecule has 200 valence electrons. The third kappa shape index (κ3) is 5.50. The summed E-state index contributed by atoms with van der Waals surface area (Å²) in [6.45, 7) is 2.25. The van der Waals surface area contributed by atoms with Crippen molar-refractivity contribution < 1.29 is 28.5 Å². The summed E-state index contributed by atoms with van der Waals surface area (Å²) in [6, 6.07) is 12.7. The first-order valence-electron chi connectivity index (χ1n) is 12.0. The number of methoxy groups -OCH3 is 4. The van der Waals surface area contributed by atoms with Crippen LogP contribution >= 0.6 is 11.8 Å². The van der Waals surface area contributed by atoms with Crippen molar-refractivity contribution in [2.75, 3.05) is 35.0 Å². The molecule has 1 amide bonds. The Morgan fingerprint density at radius 1 is 1.00 bits per heavy atom. The molecule has 4 rings (SSSR count). The Balaban J connectivity index is 1.51. The third-order valence-corrected chi connectivity index (χ3v) is 7.25. The van der Waals surface area contributed by atoms with E-state index in [-0.39, 0.29) is 12.3 Å². The number of nitrogens with zero attached hydrogens (tertiary/aromatic N) is 2. The van der Waals surface area contributed by atoms with Crippen LogP contribution in [0, 0.1) is 0 Å². The molecule has 0 bridgehead atoms. The smallest absolute Gasteiger partial charge is 0.338 e. The van der Waals surface area contributed by atoms with Gasteiger partial charge in [0.15, 0.2) is 16.7 Å². The lowest BCUT2D eigenvalue weighted by Gasteiger charge is -2.36. The van der Waals surface area contributed by atoms with E-state index in [9.17, 15) is 9.59 Å². The third-order valence-electron chi connectivity index (χ3n) is 6.36. The molecule has 0 saturated carbocycles. The average molecular weight is 538 g/mol. The molecule has 9 nitrogen and oxygen atoms in total. The molecule has 2 aliphatic heterocycles. The molecule has 1 N–H and O–H groups in total. The predicted octanol–water partition coefficient (Wildman–Crippen LogP) is 4.21. The van der Waals surface area contributed by atoms with Crippen LogP contribution in [0.3, 0.4) is 0 Å². The molecular weight excluding hydrogens is 506 g/mol. The molecule has 2 aromatic carbocycles. The maximum Gasteiger partial charge on any atom is 0.338 e. The summed E-state index contributed by atoms with van der Waals surface area (Å²) in [4.78, 5) is 32.5. The average Bonchev–Trinajstić information content (AvgIpc) is 3.33. The van der Waals surface area contributed by atoms with Gasteiger partial charge < -0.3 is 29.2 Å². The van der Waals surface area contributed by atoms with Gasteiger partial charge in [-0.15, -0.1) is 0 Å². The molecule has 38 heavy (non-hydrogen) atoms. The fraction of sp³-hybridized carbons (Fsp3) is 0.321. The highest BCUT2D eigenvalue weighted by Crippen LogP contribution is 2.46. The zero-order valence-electron chi connectivity index (χ0n) is 22.1. The number of rotatable bonds is 10. The van der Waals surface area contributed by atoms with Gasteiger partial charge >= 0.3 is 5.97 Å². The lowest BCUT2D eigenvalue weighted by Crippen LogP contribution is -2.38. The van der Waals surface area contributed by atoms with E-state index in [0.717, 1.165) is 16.8 Å². The van der Waals surface area contributed by atoms with Crippen LogP contribution in [0.25, 0.3) is 0 Å². The molecule has 0 unspecified atom stereocenters. The Bertz CT molecular complexity index is 1320. The second-order valence-electron chi connectivity index (χ2n) is 8.59. The van der Waals surface area contributed by atoms with Crippen molar-refractivity contribution in [3.8, 4) is 17.2 Å². The minimum Gasteiger partial charge on any atom is -0.496 e. The Morgan fingerprint density at radius 2 is 1.74 bits per heavy atom. The molecule has 1 atom stereocenters. The van der Waals surface area contributed by atoms with E-state index in [1.54, 1.807) is 28.3 Å². The number of para-hydroxylation sites is 1. The summed E-state index contributed by atoms with van der Waals surface area (Å²) in [5.41, 5.74) is 3.51. The highest BCUT2D eigenvalue weighted by atomic mass is 32.2. The second kappa shape index (κ2) is 12.1. The van der Waals surface area contributed by atoms with Gasteiger partial charge in [0, 0.05) is 17.8 Å². The van der Waals surface area contributed by atoms with Crippen molar-refractivity contribution in [1.29, 1.82) is 0 Å². The number of nitrogens with one attached hydrogen (secondary N) is 1. The van der Waals surface area contributed by atoms with Gasteiger partial charge in [0.2, 0.25) is 5.91 Å². The fourth-order valence-electron chi connectivity index (χ4n) is 4.54. The van der Waals surface area contributed by atoms with Gasteiger partial charge in [-0.3, -0.25) is 4.79 Å². The van der Waals surface area contributed by atoms with Crippen molar-refractivity contribution >= 4 is 28.8 Å². The summed E-state index contributed by atoms with van der Waals surface area (Å²) >= 11 is 1.42. The SMILES string of the molecule is COC(=O)C1=C(C)N=C2SC=C(CC(=O)NCCc3ccc(OC)c(OC)c3)N2[C@@H]1c1ccccc1OC. The molecule has 0 aromatic heterocycles. The number of amidine groups is 1. The number of aliphatic imine (C=N–C) groups is 1. The van der Waals surface area contributed by atoms with Crippen LogP contribution in [0.1, 0.15) is 30.5 Å². The highest BCUT2D eigenvalue weighted by Gasteiger charge is 2.42. The van der Waals surface area contributed by atoms with Crippen LogP contribution < -0.4 is 19.5 Å². The van der Waals surface area contributed by atoms with Crippen LogP contribution in [-0.4, -0.2) is 56.9 Å². The molecule has 2 heterocycles. The lowest BCUT2D eigenvalue weighted by molar-refractivity contribution is -0.136. The summed E-state index contributed by atoms with van der Waals surface area (Å²) < 4.78 is 21.4. The zero-order valence-corrected chi connectivity index (χ0v) is 22.9. The Labute approximate surface area is 226 Å². The second-order valence-corrected chi connectivity index (χ2v) is 9.43. The molecule has 0 radical (unpaired) electrons. The normalized spacial score (nSPS) is 16.3. The van der Waals surface area contributed by atoms with Crippen molar-refractivity contribution in [2.24, 2.45) is 4.99 Å². The van der Waals surface area contributed by atoms with E-state index in [2.05, 4.69) is 10.3 Å². The first kappa shape index (κ1) is 27.1. The molecule has 0 aliphatic carbocycles. The van der Waals surface area contributed by atoms with Gasteiger partial charge in [0.05, 0.1) is 52.2 Å². The number of carbonyl (C=O) groups is 2. The molecule has 0 spiro atoms. The minimum absolute atomic E-state index is 0.122. The molecule has 0 saturated heterocycles. The Morgan fingerprint density at radius 3 is 2.45 bits per heavy atom. The van der Waals surface area contributed by atoms with Gasteiger partial charge in [-0.1, -0.05) is 36.0 Å². The van der Waals surface area contributed by atoms with E-state index in [1.165, 1.54) is 18.9 Å². The Kier molecular flexibility index (Phi) is 8.62. The van der Waals surface area contributed by atoms with Gasteiger partial charge in [-0.25, -0.2) is 9.79 Å². The minimum atomic E-state index is -0.549. The summed E-state index contributed by atoms with van der Waals surface area (Å²) in [7, 11) is 6.13. The number of allylic oxidation sites excluding steroid dienone is 1. The van der Waals surface area contributed by atoms with Crippen LogP contribution in [0.15, 0.2) is 69.8 Å². The van der Waals surface area contributed by atoms with E-state index < -0.39 is 12.0 Å². The Hall–Kier alpha value is -3.92. The highest BCUT2D eigenvalue weighted by molar-refractivity contribution is 8.16. The summed E-state index contributed by atoms with van der Waals surface area (Å²) in [5.74, 6) is 1.32. The number of amides is 1. The van der Waals surface area contributed by atoms with Crippen molar-refractivity contribution in [2.45, 2.75) is 25.8 Å². The zero-order chi connectivity index (χ0) is 27.2. The molecule has 2 aromatic rings. The number of thioether (sulfide) groups is 1. The van der Waals surface area contributed by atoms with Crippen molar-refractivity contribution in [3.05, 3.63) is 76.0 Å². The van der Waals surface area contributed by atoms with E-state index in [4.69, 9.17) is 18.9 Å². The first-order chi connectivity index (χ1) is 18.4. The number of benzene rings is 2. The largest absolute Gasteiger partial charge is 0.496 e. The standard InChI is InChI=1S/C28H31N3O6S/c1-17-25(27(33)37-5)26(20-8-6-7-9-21(20)34-2)31-19(16-38-28(31)30-17)15-24(32)29-13-12-18-10-11-22(35-3)23(14-18)36-4/h6-11,14,16,26H,12-13,15H2,1-5H3,(H,29,32)/t26-/m1/s1. The molecule has 0 fully saturated rings. The predicted molar refractivity (Wildman–Crippen MR) is 146 cm³/mol. The molecule has 2 aliphatic rings. The van der Waals surface area contributed by atoms with Crippen LogP contribution in [0.2, 0.25) is 0 Å².